The van der Waals surface area contributed by atoms with Crippen molar-refractivity contribution < 1.29 is 4.74 Å². The van der Waals surface area contributed by atoms with Crippen LogP contribution in [0.25, 0.3) is 0 Å². The summed E-state index contributed by atoms with van der Waals surface area (Å²) < 4.78 is 6.36. The molecule has 124 valence electrons. The first-order valence-electron chi connectivity index (χ1n) is 9.08. The number of allylic oxidation sites excluding steroid dienone is 3. The minimum atomic E-state index is -0.326. The molecule has 0 saturated heterocycles. The summed E-state index contributed by atoms with van der Waals surface area (Å²) in [6.45, 7) is 4.45. The van der Waals surface area contributed by atoms with Crippen LogP contribution >= 0.6 is 0 Å². The predicted molar refractivity (Wildman–Crippen MR) is 100.0 cm³/mol. The van der Waals surface area contributed by atoms with Gasteiger partial charge >= 0.3 is 0 Å². The third-order valence-electron chi connectivity index (χ3n) is 4.21. The van der Waals surface area contributed by atoms with Crippen molar-refractivity contribution in [2.45, 2.75) is 64.4 Å². The molecule has 0 N–H and O–H groups in total. The van der Waals surface area contributed by atoms with Gasteiger partial charge in [0.2, 0.25) is 0 Å². The van der Waals surface area contributed by atoms with Gasteiger partial charge in [0, 0.05) is 6.42 Å². The number of aryl methyl sites for hydroxylation is 1. The molecule has 0 aliphatic heterocycles. The summed E-state index contributed by atoms with van der Waals surface area (Å²) >= 11 is 0. The maximum absolute atomic E-state index is 6.36. The zero-order valence-electron chi connectivity index (χ0n) is 14.6. The standard InChI is InChI=1S/C22H30O/c1-3-5-6-7-9-17-22(18-10-8-11-19-22)23-21-15-13-20(12-4-2)14-16-21/h8-11,13-18H,3-7,12,19H2,1-2H3/b17-9+. The summed E-state index contributed by atoms with van der Waals surface area (Å²) in [6.07, 6.45) is 21.2. The van der Waals surface area contributed by atoms with E-state index < -0.39 is 0 Å². The molecule has 1 heteroatoms. The van der Waals surface area contributed by atoms with Gasteiger partial charge in [-0.15, -0.1) is 0 Å². The Morgan fingerprint density at radius 3 is 2.52 bits per heavy atom. The Balaban J connectivity index is 2.03. The van der Waals surface area contributed by atoms with Gasteiger partial charge in [-0.05, 0) is 49.1 Å². The summed E-state index contributed by atoms with van der Waals surface area (Å²) in [4.78, 5) is 0. The second kappa shape index (κ2) is 9.39. The molecular weight excluding hydrogens is 280 g/mol. The van der Waals surface area contributed by atoms with E-state index in [1.165, 1.54) is 31.2 Å². The Morgan fingerprint density at radius 2 is 1.87 bits per heavy atom. The molecular formula is C22H30O. The molecule has 1 aliphatic carbocycles. The van der Waals surface area contributed by atoms with Gasteiger partial charge in [-0.1, -0.05) is 69.5 Å². The molecule has 1 atom stereocenters. The average molecular weight is 310 g/mol. The Hall–Kier alpha value is -1.76. The Labute approximate surface area is 141 Å². The fourth-order valence-corrected chi connectivity index (χ4v) is 2.88. The van der Waals surface area contributed by atoms with Crippen molar-refractivity contribution in [1.29, 1.82) is 0 Å². The van der Waals surface area contributed by atoms with E-state index in [-0.39, 0.29) is 5.60 Å². The van der Waals surface area contributed by atoms with Gasteiger partial charge in [-0.3, -0.25) is 0 Å². The van der Waals surface area contributed by atoms with Gasteiger partial charge in [0.25, 0.3) is 0 Å². The molecule has 1 unspecified atom stereocenters. The minimum absolute atomic E-state index is 0.326. The van der Waals surface area contributed by atoms with Crippen LogP contribution < -0.4 is 4.74 Å². The Morgan fingerprint density at radius 1 is 1.04 bits per heavy atom. The lowest BCUT2D eigenvalue weighted by Gasteiger charge is -2.29. The lowest BCUT2D eigenvalue weighted by Crippen LogP contribution is -2.31. The lowest BCUT2D eigenvalue weighted by atomic mass is 9.93. The van der Waals surface area contributed by atoms with Gasteiger partial charge in [-0.2, -0.15) is 0 Å². The normalized spacial score (nSPS) is 20.3. The van der Waals surface area contributed by atoms with Gasteiger partial charge < -0.3 is 4.74 Å². The zero-order valence-corrected chi connectivity index (χ0v) is 14.6. The molecule has 0 fully saturated rings. The Bertz CT molecular complexity index is 536. The number of ether oxygens (including phenoxy) is 1. The van der Waals surface area contributed by atoms with Crippen LogP contribution in [0.1, 0.15) is 57.9 Å². The van der Waals surface area contributed by atoms with Crippen LogP contribution in [0.3, 0.4) is 0 Å². The highest BCUT2D eigenvalue weighted by molar-refractivity contribution is 5.32. The molecule has 0 saturated carbocycles. The third-order valence-corrected chi connectivity index (χ3v) is 4.21. The second-order valence-electron chi connectivity index (χ2n) is 6.34. The van der Waals surface area contributed by atoms with Crippen molar-refractivity contribution in [2.24, 2.45) is 0 Å². The van der Waals surface area contributed by atoms with E-state index in [0.717, 1.165) is 25.0 Å². The van der Waals surface area contributed by atoms with E-state index in [2.05, 4.69) is 74.6 Å². The maximum atomic E-state index is 6.36. The molecule has 0 spiro atoms. The van der Waals surface area contributed by atoms with Crippen molar-refractivity contribution in [2.75, 3.05) is 0 Å². The second-order valence-corrected chi connectivity index (χ2v) is 6.34. The fourth-order valence-electron chi connectivity index (χ4n) is 2.88. The molecule has 1 nitrogen and oxygen atoms in total. The van der Waals surface area contributed by atoms with Crippen molar-refractivity contribution in [3.63, 3.8) is 0 Å². The smallest absolute Gasteiger partial charge is 0.149 e. The summed E-state index contributed by atoms with van der Waals surface area (Å²) in [5.74, 6) is 0.947. The first-order chi connectivity index (χ1) is 11.3. The van der Waals surface area contributed by atoms with Crippen LogP contribution in [0.5, 0.6) is 5.75 Å². The maximum Gasteiger partial charge on any atom is 0.149 e. The summed E-state index contributed by atoms with van der Waals surface area (Å²) in [5.41, 5.74) is 1.05. The van der Waals surface area contributed by atoms with Crippen LogP contribution in [0.2, 0.25) is 0 Å². The summed E-state index contributed by atoms with van der Waals surface area (Å²) in [7, 11) is 0. The number of unbranched alkanes of at least 4 members (excludes halogenated alkanes) is 3. The van der Waals surface area contributed by atoms with Gasteiger partial charge in [0.1, 0.15) is 11.4 Å². The highest BCUT2D eigenvalue weighted by atomic mass is 16.5. The van der Waals surface area contributed by atoms with Crippen LogP contribution in [0.15, 0.2) is 60.7 Å². The number of rotatable bonds is 9. The monoisotopic (exact) mass is 310 g/mol. The van der Waals surface area contributed by atoms with Gasteiger partial charge in [-0.25, -0.2) is 0 Å². The lowest BCUT2D eigenvalue weighted by molar-refractivity contribution is 0.173. The summed E-state index contributed by atoms with van der Waals surface area (Å²) in [6, 6.07) is 8.56. The van der Waals surface area contributed by atoms with E-state index in [1.54, 1.807) is 0 Å². The molecule has 0 bridgehead atoms. The van der Waals surface area contributed by atoms with Crippen molar-refractivity contribution >= 4 is 0 Å². The average Bonchev–Trinajstić information content (AvgIpc) is 2.58. The zero-order chi connectivity index (χ0) is 16.4. The van der Waals surface area contributed by atoms with Crippen LogP contribution in [0.4, 0.5) is 0 Å². The molecule has 2 rings (SSSR count). The molecule has 0 aromatic heterocycles. The van der Waals surface area contributed by atoms with Crippen molar-refractivity contribution in [3.05, 3.63) is 66.3 Å². The summed E-state index contributed by atoms with van der Waals surface area (Å²) in [5, 5.41) is 0. The first-order valence-corrected chi connectivity index (χ1v) is 9.08. The third kappa shape index (κ3) is 5.74. The van der Waals surface area contributed by atoms with E-state index >= 15 is 0 Å². The molecule has 1 aromatic carbocycles. The van der Waals surface area contributed by atoms with E-state index in [4.69, 9.17) is 4.74 Å². The molecule has 1 aromatic rings. The molecule has 1 aliphatic rings. The van der Waals surface area contributed by atoms with Crippen molar-refractivity contribution in [3.8, 4) is 5.75 Å². The molecule has 0 radical (unpaired) electrons. The molecule has 23 heavy (non-hydrogen) atoms. The number of hydrogen-bond acceptors (Lipinski definition) is 1. The first kappa shape index (κ1) is 17.6. The van der Waals surface area contributed by atoms with Crippen LogP contribution in [-0.2, 0) is 6.42 Å². The molecule has 0 amide bonds. The van der Waals surface area contributed by atoms with Crippen molar-refractivity contribution in [1.82, 2.24) is 0 Å². The highest BCUT2D eigenvalue weighted by Crippen LogP contribution is 2.28. The van der Waals surface area contributed by atoms with Crippen LogP contribution in [0, 0.1) is 0 Å². The molecule has 0 heterocycles. The van der Waals surface area contributed by atoms with Gasteiger partial charge in [0.15, 0.2) is 0 Å². The fraction of sp³-hybridized carbons (Fsp3) is 0.455. The Kier molecular flexibility index (Phi) is 7.19. The number of benzene rings is 1. The van der Waals surface area contributed by atoms with Gasteiger partial charge in [0.05, 0.1) is 0 Å². The highest BCUT2D eigenvalue weighted by Gasteiger charge is 2.26. The predicted octanol–water partition coefficient (Wildman–Crippen LogP) is 6.41. The van der Waals surface area contributed by atoms with E-state index in [9.17, 15) is 0 Å². The van der Waals surface area contributed by atoms with Crippen LogP contribution in [-0.4, -0.2) is 5.60 Å². The quantitative estimate of drug-likeness (QED) is 0.378. The minimum Gasteiger partial charge on any atom is -0.479 e. The number of hydrogen-bond donors (Lipinski definition) is 0. The largest absolute Gasteiger partial charge is 0.479 e. The topological polar surface area (TPSA) is 9.23 Å². The van der Waals surface area contributed by atoms with E-state index in [0.29, 0.717) is 0 Å². The van der Waals surface area contributed by atoms with E-state index in [1.807, 2.05) is 0 Å². The SMILES string of the molecule is CCCCC/C=C/C1(Oc2ccc(CCC)cc2)C=CC=CC1.